The summed E-state index contributed by atoms with van der Waals surface area (Å²) in [6.45, 7) is 0. The number of nitro benzene ring substituents is 1. The van der Waals surface area contributed by atoms with Crippen molar-refractivity contribution in [3.63, 3.8) is 0 Å². The van der Waals surface area contributed by atoms with Crippen LogP contribution in [0.3, 0.4) is 0 Å². The summed E-state index contributed by atoms with van der Waals surface area (Å²) in [6.07, 6.45) is 1.16. The molecule has 0 fully saturated rings. The van der Waals surface area contributed by atoms with Crippen LogP contribution >= 0.6 is 27.5 Å². The van der Waals surface area contributed by atoms with E-state index in [1.165, 1.54) is 6.07 Å². The lowest BCUT2D eigenvalue weighted by Gasteiger charge is -2.14. The molecule has 0 aliphatic heterocycles. The van der Waals surface area contributed by atoms with Gasteiger partial charge in [0, 0.05) is 17.1 Å². The van der Waals surface area contributed by atoms with Crippen molar-refractivity contribution in [2.24, 2.45) is 5.73 Å². The molecule has 0 aliphatic rings. The van der Waals surface area contributed by atoms with Gasteiger partial charge in [0.2, 0.25) is 0 Å². The summed E-state index contributed by atoms with van der Waals surface area (Å²) in [6, 6.07) is 12.4. The Bertz CT molecular complexity index is 664. The van der Waals surface area contributed by atoms with Crippen molar-refractivity contribution < 1.29 is 4.92 Å². The van der Waals surface area contributed by atoms with E-state index in [9.17, 15) is 10.1 Å². The first kappa shape index (κ1) is 15.9. The summed E-state index contributed by atoms with van der Waals surface area (Å²) in [4.78, 5) is 10.5. The van der Waals surface area contributed by atoms with E-state index in [1.807, 2.05) is 30.3 Å². The van der Waals surface area contributed by atoms with Gasteiger partial charge in [-0.15, -0.1) is 0 Å². The predicted octanol–water partition coefficient (Wildman–Crippen LogP) is 4.12. The Hall–Kier alpha value is -1.43. The largest absolute Gasteiger partial charge is 0.327 e. The van der Waals surface area contributed by atoms with Gasteiger partial charge >= 0.3 is 0 Å². The lowest BCUT2D eigenvalue weighted by molar-refractivity contribution is -0.385. The Labute approximate surface area is 136 Å². The fourth-order valence-corrected chi connectivity index (χ4v) is 2.95. The van der Waals surface area contributed by atoms with Crippen LogP contribution in [0.4, 0.5) is 5.69 Å². The van der Waals surface area contributed by atoms with Crippen molar-refractivity contribution in [1.29, 1.82) is 0 Å². The Morgan fingerprint density at radius 3 is 2.43 bits per heavy atom. The van der Waals surface area contributed by atoms with E-state index in [-0.39, 0.29) is 11.7 Å². The third kappa shape index (κ3) is 4.03. The fourth-order valence-electron chi connectivity index (χ4n) is 2.17. The zero-order chi connectivity index (χ0) is 15.4. The number of benzene rings is 2. The molecule has 0 aliphatic carbocycles. The molecule has 21 heavy (non-hydrogen) atoms. The van der Waals surface area contributed by atoms with Crippen LogP contribution in [-0.2, 0) is 12.8 Å². The fraction of sp³-hybridized carbons (Fsp3) is 0.200. The van der Waals surface area contributed by atoms with Gasteiger partial charge in [-0.2, -0.15) is 0 Å². The lowest BCUT2D eigenvalue weighted by atomic mass is 9.99. The summed E-state index contributed by atoms with van der Waals surface area (Å²) in [5.74, 6) is 0. The van der Waals surface area contributed by atoms with Gasteiger partial charge in [0.1, 0.15) is 0 Å². The zero-order valence-corrected chi connectivity index (χ0v) is 13.5. The van der Waals surface area contributed by atoms with Gasteiger partial charge in [0.15, 0.2) is 0 Å². The number of nitrogens with zero attached hydrogens (tertiary/aromatic N) is 1. The highest BCUT2D eigenvalue weighted by atomic mass is 79.9. The minimum atomic E-state index is -0.410. The molecule has 1 unspecified atom stereocenters. The molecule has 2 aromatic carbocycles. The van der Waals surface area contributed by atoms with Crippen LogP contribution in [0.2, 0.25) is 5.02 Å². The summed E-state index contributed by atoms with van der Waals surface area (Å²) in [7, 11) is 0. The van der Waals surface area contributed by atoms with Crippen LogP contribution in [0, 0.1) is 10.1 Å². The van der Waals surface area contributed by atoms with E-state index in [0.717, 1.165) is 11.1 Å². The second-order valence-corrected chi connectivity index (χ2v) is 5.97. The molecular formula is C15H14BrClN2O2. The maximum Gasteiger partial charge on any atom is 0.283 e. The van der Waals surface area contributed by atoms with Gasteiger partial charge in [0.25, 0.3) is 5.69 Å². The van der Waals surface area contributed by atoms with E-state index >= 15 is 0 Å². The normalized spacial score (nSPS) is 12.1. The standard InChI is InChI=1S/C15H14BrClN2O2/c16-15-11(5-3-7-14(15)19(20)21)9-12(18)8-10-4-1-2-6-13(10)17/h1-7,12H,8-9,18H2. The average molecular weight is 370 g/mol. The minimum absolute atomic E-state index is 0.0532. The highest BCUT2D eigenvalue weighted by molar-refractivity contribution is 9.10. The van der Waals surface area contributed by atoms with Crippen molar-refractivity contribution in [1.82, 2.24) is 0 Å². The average Bonchev–Trinajstić information content (AvgIpc) is 2.43. The molecule has 0 heterocycles. The number of rotatable bonds is 5. The van der Waals surface area contributed by atoms with Gasteiger partial charge in [0.05, 0.1) is 9.40 Å². The lowest BCUT2D eigenvalue weighted by Crippen LogP contribution is -2.25. The van der Waals surface area contributed by atoms with Crippen molar-refractivity contribution in [2.75, 3.05) is 0 Å². The third-order valence-corrected chi connectivity index (χ3v) is 4.46. The molecule has 2 aromatic rings. The van der Waals surface area contributed by atoms with Gasteiger partial charge in [-0.25, -0.2) is 0 Å². The number of halogens is 2. The van der Waals surface area contributed by atoms with Crippen LogP contribution in [0.25, 0.3) is 0 Å². The van der Waals surface area contributed by atoms with Crippen LogP contribution < -0.4 is 5.73 Å². The summed E-state index contributed by atoms with van der Waals surface area (Å²) < 4.78 is 0.490. The molecular weight excluding hydrogens is 356 g/mol. The predicted molar refractivity (Wildman–Crippen MR) is 87.6 cm³/mol. The van der Waals surface area contributed by atoms with Gasteiger partial charge < -0.3 is 5.73 Å². The molecule has 110 valence electrons. The third-order valence-electron chi connectivity index (χ3n) is 3.18. The molecule has 0 saturated carbocycles. The van der Waals surface area contributed by atoms with E-state index < -0.39 is 4.92 Å². The van der Waals surface area contributed by atoms with E-state index in [0.29, 0.717) is 22.3 Å². The zero-order valence-electron chi connectivity index (χ0n) is 11.1. The number of hydrogen-bond donors (Lipinski definition) is 1. The number of nitrogens with two attached hydrogens (primary N) is 1. The summed E-state index contributed by atoms with van der Waals surface area (Å²) in [5.41, 5.74) is 8.01. The maximum atomic E-state index is 10.9. The quantitative estimate of drug-likeness (QED) is 0.636. The first-order chi connectivity index (χ1) is 9.99. The first-order valence-electron chi connectivity index (χ1n) is 6.40. The Morgan fingerprint density at radius 1 is 1.14 bits per heavy atom. The van der Waals surface area contributed by atoms with E-state index in [2.05, 4.69) is 15.9 Å². The molecule has 1 atom stereocenters. The summed E-state index contributed by atoms with van der Waals surface area (Å²) >= 11 is 9.40. The molecule has 4 nitrogen and oxygen atoms in total. The van der Waals surface area contributed by atoms with Crippen molar-refractivity contribution >= 4 is 33.2 Å². The maximum absolute atomic E-state index is 10.9. The molecule has 0 amide bonds. The molecule has 2 N–H and O–H groups in total. The van der Waals surface area contributed by atoms with Gasteiger partial charge in [-0.1, -0.05) is 41.9 Å². The van der Waals surface area contributed by atoms with Crippen LogP contribution in [0.15, 0.2) is 46.9 Å². The monoisotopic (exact) mass is 368 g/mol. The highest BCUT2D eigenvalue weighted by Gasteiger charge is 2.17. The van der Waals surface area contributed by atoms with Crippen LogP contribution in [0.5, 0.6) is 0 Å². The topological polar surface area (TPSA) is 69.2 Å². The second-order valence-electron chi connectivity index (χ2n) is 4.77. The van der Waals surface area contributed by atoms with Crippen molar-refractivity contribution in [2.45, 2.75) is 18.9 Å². The molecule has 6 heteroatoms. The van der Waals surface area contributed by atoms with Crippen molar-refractivity contribution in [3.05, 3.63) is 73.2 Å². The Balaban J connectivity index is 2.13. The SMILES string of the molecule is NC(Cc1ccccc1Cl)Cc1cccc([N+](=O)[O-])c1Br. The van der Waals surface area contributed by atoms with E-state index in [4.69, 9.17) is 17.3 Å². The highest BCUT2D eigenvalue weighted by Crippen LogP contribution is 2.29. The minimum Gasteiger partial charge on any atom is -0.327 e. The molecule has 0 radical (unpaired) electrons. The van der Waals surface area contributed by atoms with Crippen LogP contribution in [0.1, 0.15) is 11.1 Å². The smallest absolute Gasteiger partial charge is 0.283 e. The molecule has 0 saturated heterocycles. The molecule has 0 aromatic heterocycles. The Morgan fingerprint density at radius 2 is 1.76 bits per heavy atom. The summed E-state index contributed by atoms with van der Waals surface area (Å²) in [5, 5.41) is 11.6. The van der Waals surface area contributed by atoms with E-state index in [1.54, 1.807) is 6.07 Å². The van der Waals surface area contributed by atoms with Crippen LogP contribution in [-0.4, -0.2) is 11.0 Å². The molecule has 0 bridgehead atoms. The molecule has 0 spiro atoms. The first-order valence-corrected chi connectivity index (χ1v) is 7.57. The number of hydrogen-bond acceptors (Lipinski definition) is 3. The second kappa shape index (κ2) is 7.02. The molecule has 2 rings (SSSR count). The number of nitro groups is 1. The van der Waals surface area contributed by atoms with Gasteiger partial charge in [-0.05, 0) is 46.0 Å². The van der Waals surface area contributed by atoms with Gasteiger partial charge in [-0.3, -0.25) is 10.1 Å². The van der Waals surface area contributed by atoms with Crippen molar-refractivity contribution in [3.8, 4) is 0 Å². The Kier molecular flexibility index (Phi) is 5.33.